The summed E-state index contributed by atoms with van der Waals surface area (Å²) in [4.78, 5) is 16.5. The minimum atomic E-state index is -0.0507. The highest BCUT2D eigenvalue weighted by Gasteiger charge is 2.31. The molecular formula is C14H26N4O3. The van der Waals surface area contributed by atoms with E-state index < -0.39 is 0 Å². The normalized spacial score (nSPS) is 26.6. The van der Waals surface area contributed by atoms with Crippen molar-refractivity contribution in [3.05, 3.63) is 0 Å². The SMILES string of the molecule is CCC(C(N)=NO)N1CCN(C(=O)C2CCCOC2)CC1. The van der Waals surface area contributed by atoms with Gasteiger partial charge in [0.05, 0.1) is 18.6 Å². The fourth-order valence-corrected chi connectivity index (χ4v) is 3.17. The lowest BCUT2D eigenvalue weighted by atomic mass is 10.00. The molecule has 2 aliphatic heterocycles. The summed E-state index contributed by atoms with van der Waals surface area (Å²) < 4.78 is 5.40. The summed E-state index contributed by atoms with van der Waals surface area (Å²) in [7, 11) is 0. The summed E-state index contributed by atoms with van der Waals surface area (Å²) in [6.07, 6.45) is 2.69. The van der Waals surface area contributed by atoms with Gasteiger partial charge in [0.2, 0.25) is 5.91 Å². The topological polar surface area (TPSA) is 91.4 Å². The van der Waals surface area contributed by atoms with Gasteiger partial charge in [-0.1, -0.05) is 12.1 Å². The van der Waals surface area contributed by atoms with Crippen LogP contribution in [0.5, 0.6) is 0 Å². The molecule has 2 heterocycles. The molecular weight excluding hydrogens is 272 g/mol. The van der Waals surface area contributed by atoms with Crippen LogP contribution in [0.15, 0.2) is 5.16 Å². The molecule has 2 saturated heterocycles. The Morgan fingerprint density at radius 1 is 1.43 bits per heavy atom. The van der Waals surface area contributed by atoms with Crippen molar-refractivity contribution < 1.29 is 14.7 Å². The zero-order chi connectivity index (χ0) is 15.2. The van der Waals surface area contributed by atoms with E-state index in [2.05, 4.69) is 10.1 Å². The van der Waals surface area contributed by atoms with Crippen molar-refractivity contribution in [2.24, 2.45) is 16.8 Å². The molecule has 0 saturated carbocycles. The van der Waals surface area contributed by atoms with Crippen LogP contribution in [0, 0.1) is 5.92 Å². The van der Waals surface area contributed by atoms with Gasteiger partial charge in [-0.2, -0.15) is 0 Å². The summed E-state index contributed by atoms with van der Waals surface area (Å²) in [5.74, 6) is 0.487. The van der Waals surface area contributed by atoms with Gasteiger partial charge >= 0.3 is 0 Å². The minimum absolute atomic E-state index is 0.0244. The van der Waals surface area contributed by atoms with Gasteiger partial charge in [-0.25, -0.2) is 0 Å². The lowest BCUT2D eigenvalue weighted by Crippen LogP contribution is -2.56. The van der Waals surface area contributed by atoms with Crippen LogP contribution in [-0.2, 0) is 9.53 Å². The van der Waals surface area contributed by atoms with Crippen LogP contribution >= 0.6 is 0 Å². The fourth-order valence-electron chi connectivity index (χ4n) is 3.17. The van der Waals surface area contributed by atoms with E-state index >= 15 is 0 Å². The van der Waals surface area contributed by atoms with Crippen molar-refractivity contribution >= 4 is 11.7 Å². The number of oxime groups is 1. The first-order chi connectivity index (χ1) is 10.2. The summed E-state index contributed by atoms with van der Waals surface area (Å²) in [6.45, 7) is 6.26. The number of rotatable bonds is 4. The highest BCUT2D eigenvalue weighted by atomic mass is 16.5. The average Bonchev–Trinajstić information content (AvgIpc) is 2.56. The lowest BCUT2D eigenvalue weighted by Gasteiger charge is -2.39. The van der Waals surface area contributed by atoms with Gasteiger partial charge in [-0.05, 0) is 19.3 Å². The van der Waals surface area contributed by atoms with E-state index in [1.54, 1.807) is 0 Å². The Bertz CT molecular complexity index is 374. The molecule has 2 atom stereocenters. The van der Waals surface area contributed by atoms with Gasteiger partial charge in [0.1, 0.15) is 0 Å². The van der Waals surface area contributed by atoms with Crippen molar-refractivity contribution in [1.29, 1.82) is 0 Å². The largest absolute Gasteiger partial charge is 0.409 e. The zero-order valence-electron chi connectivity index (χ0n) is 12.7. The van der Waals surface area contributed by atoms with Crippen LogP contribution in [0.25, 0.3) is 0 Å². The standard InChI is InChI=1S/C14H26N4O3/c1-2-12(13(15)16-20)17-5-7-18(8-6-17)14(19)11-4-3-9-21-10-11/h11-12,20H,2-10H2,1H3,(H2,15,16). The Hall–Kier alpha value is -1.34. The second-order valence-electron chi connectivity index (χ2n) is 5.72. The van der Waals surface area contributed by atoms with Crippen molar-refractivity contribution in [1.82, 2.24) is 9.80 Å². The van der Waals surface area contributed by atoms with Gasteiger partial charge in [0.25, 0.3) is 0 Å². The van der Waals surface area contributed by atoms with Crippen molar-refractivity contribution in [3.8, 4) is 0 Å². The number of hydrogen-bond acceptors (Lipinski definition) is 5. The number of nitrogens with two attached hydrogens (primary N) is 1. The quantitative estimate of drug-likeness (QED) is 0.332. The van der Waals surface area contributed by atoms with Crippen LogP contribution in [-0.4, -0.2) is 72.2 Å². The van der Waals surface area contributed by atoms with Crippen molar-refractivity contribution in [2.75, 3.05) is 39.4 Å². The van der Waals surface area contributed by atoms with E-state index in [4.69, 9.17) is 15.7 Å². The van der Waals surface area contributed by atoms with Gasteiger partial charge < -0.3 is 20.6 Å². The Morgan fingerprint density at radius 2 is 2.14 bits per heavy atom. The number of amidine groups is 1. The van der Waals surface area contributed by atoms with E-state index in [1.807, 2.05) is 11.8 Å². The van der Waals surface area contributed by atoms with E-state index in [1.165, 1.54) is 0 Å². The maximum atomic E-state index is 12.4. The number of amides is 1. The van der Waals surface area contributed by atoms with Crippen LogP contribution in [0.2, 0.25) is 0 Å². The van der Waals surface area contributed by atoms with Gasteiger partial charge in [-0.15, -0.1) is 0 Å². The maximum Gasteiger partial charge on any atom is 0.228 e. The molecule has 0 bridgehead atoms. The molecule has 0 aromatic rings. The van der Waals surface area contributed by atoms with E-state index in [9.17, 15) is 4.79 Å². The molecule has 0 aromatic carbocycles. The first-order valence-electron chi connectivity index (χ1n) is 7.75. The molecule has 0 aromatic heterocycles. The number of carbonyl (C=O) groups is 1. The summed E-state index contributed by atoms with van der Waals surface area (Å²) >= 11 is 0. The monoisotopic (exact) mass is 298 g/mol. The number of carbonyl (C=O) groups excluding carboxylic acids is 1. The molecule has 0 spiro atoms. The van der Waals surface area contributed by atoms with E-state index in [0.717, 1.165) is 39.0 Å². The summed E-state index contributed by atoms with van der Waals surface area (Å²) in [5.41, 5.74) is 5.73. The van der Waals surface area contributed by atoms with Crippen LogP contribution in [0.4, 0.5) is 0 Å². The molecule has 7 heteroatoms. The van der Waals surface area contributed by atoms with Crippen molar-refractivity contribution in [3.63, 3.8) is 0 Å². The molecule has 2 aliphatic rings. The Kier molecular flexibility index (Phi) is 5.81. The Morgan fingerprint density at radius 3 is 2.67 bits per heavy atom. The summed E-state index contributed by atoms with van der Waals surface area (Å²) in [6, 6.07) is -0.0507. The predicted molar refractivity (Wildman–Crippen MR) is 79.2 cm³/mol. The van der Waals surface area contributed by atoms with Crippen LogP contribution in [0.1, 0.15) is 26.2 Å². The number of hydrogen-bond donors (Lipinski definition) is 2. The zero-order valence-corrected chi connectivity index (χ0v) is 12.7. The Balaban J connectivity index is 1.86. The molecule has 0 radical (unpaired) electrons. The van der Waals surface area contributed by atoms with Gasteiger partial charge in [0.15, 0.2) is 5.84 Å². The van der Waals surface area contributed by atoms with E-state index in [-0.39, 0.29) is 23.7 Å². The average molecular weight is 298 g/mol. The molecule has 2 rings (SSSR count). The molecule has 7 nitrogen and oxygen atoms in total. The molecule has 2 fully saturated rings. The first kappa shape index (κ1) is 16.0. The first-order valence-corrected chi connectivity index (χ1v) is 7.75. The second-order valence-corrected chi connectivity index (χ2v) is 5.72. The smallest absolute Gasteiger partial charge is 0.228 e. The Labute approximate surface area is 125 Å². The van der Waals surface area contributed by atoms with E-state index in [0.29, 0.717) is 19.7 Å². The van der Waals surface area contributed by atoms with Gasteiger partial charge in [-0.3, -0.25) is 9.69 Å². The third-order valence-electron chi connectivity index (χ3n) is 4.42. The third kappa shape index (κ3) is 3.85. The molecule has 120 valence electrons. The lowest BCUT2D eigenvalue weighted by molar-refractivity contribution is -0.141. The minimum Gasteiger partial charge on any atom is -0.409 e. The highest BCUT2D eigenvalue weighted by Crippen LogP contribution is 2.18. The van der Waals surface area contributed by atoms with Crippen molar-refractivity contribution in [2.45, 2.75) is 32.2 Å². The summed E-state index contributed by atoms with van der Waals surface area (Å²) in [5, 5.41) is 12.0. The predicted octanol–water partition coefficient (Wildman–Crippen LogP) is 0.0822. The third-order valence-corrected chi connectivity index (χ3v) is 4.42. The number of ether oxygens (including phenoxy) is 1. The molecule has 21 heavy (non-hydrogen) atoms. The highest BCUT2D eigenvalue weighted by molar-refractivity contribution is 5.85. The molecule has 0 aliphatic carbocycles. The fraction of sp³-hybridized carbons (Fsp3) is 0.857. The molecule has 1 amide bonds. The second kappa shape index (κ2) is 7.61. The van der Waals surface area contributed by atoms with Crippen LogP contribution < -0.4 is 5.73 Å². The molecule has 2 unspecified atom stereocenters. The molecule has 3 N–H and O–H groups in total. The number of nitrogens with zero attached hydrogens (tertiary/aromatic N) is 3. The number of piperazine rings is 1. The van der Waals surface area contributed by atoms with Gasteiger partial charge in [0, 0.05) is 32.8 Å². The maximum absolute atomic E-state index is 12.4. The van der Waals surface area contributed by atoms with Crippen LogP contribution in [0.3, 0.4) is 0 Å².